The van der Waals surface area contributed by atoms with Crippen LogP contribution < -0.4 is 5.32 Å². The molecule has 4 aromatic rings. The van der Waals surface area contributed by atoms with Crippen molar-refractivity contribution in [3.63, 3.8) is 0 Å². The Bertz CT molecular complexity index is 1040. The first kappa shape index (κ1) is 18.3. The van der Waals surface area contributed by atoms with E-state index in [1.807, 2.05) is 78.9 Å². The van der Waals surface area contributed by atoms with E-state index in [2.05, 4.69) is 20.5 Å². The number of rotatable bonds is 6. The molecule has 1 N–H and O–H groups in total. The second-order valence-electron chi connectivity index (χ2n) is 5.84. The van der Waals surface area contributed by atoms with Crippen molar-refractivity contribution in [3.8, 4) is 10.7 Å². The molecule has 1 atom stereocenters. The quantitative estimate of drug-likeness (QED) is 0.454. The number of hydrogen-bond donors (Lipinski definition) is 1. The number of nitrogens with one attached hydrogen (secondary N) is 1. The van der Waals surface area contributed by atoms with E-state index < -0.39 is 5.25 Å². The Hall–Kier alpha value is -3.03. The third-order valence-corrected chi connectivity index (χ3v) is 6.00. The van der Waals surface area contributed by atoms with E-state index in [9.17, 15) is 4.79 Å². The summed E-state index contributed by atoms with van der Waals surface area (Å²) in [5.41, 5.74) is 1.67. The van der Waals surface area contributed by atoms with Gasteiger partial charge in [0.2, 0.25) is 11.0 Å². The Morgan fingerprint density at radius 1 is 0.893 bits per heavy atom. The molecular weight excluding hydrogens is 388 g/mol. The zero-order valence-electron chi connectivity index (χ0n) is 14.7. The molecule has 0 saturated heterocycles. The summed E-state index contributed by atoms with van der Waals surface area (Å²) in [7, 11) is 0. The van der Waals surface area contributed by atoms with Crippen LogP contribution in [-0.4, -0.2) is 21.1 Å². The average molecular weight is 405 g/mol. The van der Waals surface area contributed by atoms with Crippen LogP contribution >= 0.6 is 23.1 Å². The number of nitrogens with zero attached hydrogens (tertiary/aromatic N) is 3. The maximum atomic E-state index is 13.1. The molecule has 0 fully saturated rings. The molecule has 0 spiro atoms. The summed E-state index contributed by atoms with van der Waals surface area (Å²) in [5, 5.41) is 11.9. The number of amides is 1. The van der Waals surface area contributed by atoms with Crippen LogP contribution in [0.4, 0.5) is 5.13 Å². The Kier molecular flexibility index (Phi) is 5.75. The highest BCUT2D eigenvalue weighted by Crippen LogP contribution is 2.36. The Balaban J connectivity index is 1.55. The predicted molar refractivity (Wildman–Crippen MR) is 113 cm³/mol. The van der Waals surface area contributed by atoms with Crippen molar-refractivity contribution < 1.29 is 4.79 Å². The van der Waals surface area contributed by atoms with Crippen LogP contribution in [0.1, 0.15) is 10.8 Å². The number of anilines is 1. The molecule has 1 unspecified atom stereocenters. The van der Waals surface area contributed by atoms with Crippen LogP contribution in [0.25, 0.3) is 10.7 Å². The smallest absolute Gasteiger partial charge is 0.244 e. The average Bonchev–Trinajstić information content (AvgIpc) is 3.22. The largest absolute Gasteiger partial charge is 0.299 e. The monoisotopic (exact) mass is 404 g/mol. The Labute approximate surface area is 170 Å². The lowest BCUT2D eigenvalue weighted by Crippen LogP contribution is -2.18. The topological polar surface area (TPSA) is 67.8 Å². The summed E-state index contributed by atoms with van der Waals surface area (Å²) in [6.45, 7) is 0. The molecule has 0 bridgehead atoms. The maximum Gasteiger partial charge on any atom is 0.244 e. The molecule has 0 aliphatic rings. The number of aromatic nitrogens is 3. The molecule has 5 nitrogen and oxygen atoms in total. The molecule has 7 heteroatoms. The highest BCUT2D eigenvalue weighted by Gasteiger charge is 2.23. The first-order chi connectivity index (χ1) is 13.8. The lowest BCUT2D eigenvalue weighted by Gasteiger charge is -2.16. The van der Waals surface area contributed by atoms with Gasteiger partial charge in [-0.2, -0.15) is 0 Å². The van der Waals surface area contributed by atoms with Gasteiger partial charge >= 0.3 is 0 Å². The molecule has 4 rings (SSSR count). The normalized spacial score (nSPS) is 11.7. The summed E-state index contributed by atoms with van der Waals surface area (Å²) >= 11 is 2.81. The van der Waals surface area contributed by atoms with Crippen molar-refractivity contribution in [2.45, 2.75) is 10.1 Å². The summed E-state index contributed by atoms with van der Waals surface area (Å²) < 4.78 is 0. The van der Waals surface area contributed by atoms with Crippen LogP contribution in [0.5, 0.6) is 0 Å². The molecule has 0 radical (unpaired) electrons. The summed E-state index contributed by atoms with van der Waals surface area (Å²) in [4.78, 5) is 18.4. The number of pyridine rings is 1. The fourth-order valence-electron chi connectivity index (χ4n) is 2.57. The van der Waals surface area contributed by atoms with Crippen LogP contribution in [0, 0.1) is 0 Å². The van der Waals surface area contributed by atoms with Crippen molar-refractivity contribution in [2.24, 2.45) is 0 Å². The van der Waals surface area contributed by atoms with Crippen LogP contribution in [-0.2, 0) is 4.79 Å². The molecule has 0 aliphatic carbocycles. The minimum atomic E-state index is -0.397. The third-order valence-electron chi connectivity index (χ3n) is 3.88. The summed E-state index contributed by atoms with van der Waals surface area (Å²) in [5.74, 6) is -0.135. The zero-order valence-corrected chi connectivity index (χ0v) is 16.4. The maximum absolute atomic E-state index is 13.1. The van der Waals surface area contributed by atoms with Gasteiger partial charge in [-0.3, -0.25) is 15.1 Å². The van der Waals surface area contributed by atoms with Crippen molar-refractivity contribution in [1.82, 2.24) is 15.2 Å². The van der Waals surface area contributed by atoms with Crippen LogP contribution in [0.2, 0.25) is 0 Å². The third kappa shape index (κ3) is 4.44. The first-order valence-corrected chi connectivity index (χ1v) is 10.3. The SMILES string of the molecule is O=C(Nc1nnc(-c2ccccn2)s1)C(Sc1ccccc1)c1ccccc1. The molecule has 2 heterocycles. The predicted octanol–water partition coefficient (Wildman–Crippen LogP) is 5.07. The Morgan fingerprint density at radius 2 is 1.61 bits per heavy atom. The number of benzene rings is 2. The minimum absolute atomic E-state index is 0.135. The van der Waals surface area contributed by atoms with Crippen molar-refractivity contribution >= 4 is 34.1 Å². The molecule has 0 saturated carbocycles. The highest BCUT2D eigenvalue weighted by molar-refractivity contribution is 8.00. The minimum Gasteiger partial charge on any atom is -0.299 e. The van der Waals surface area contributed by atoms with E-state index in [1.54, 1.807) is 6.20 Å². The van der Waals surface area contributed by atoms with E-state index in [0.29, 0.717) is 10.1 Å². The van der Waals surface area contributed by atoms with Gasteiger partial charge in [0.15, 0.2) is 5.01 Å². The lowest BCUT2D eigenvalue weighted by atomic mass is 10.1. The van der Waals surface area contributed by atoms with Gasteiger partial charge in [-0.25, -0.2) is 0 Å². The van der Waals surface area contributed by atoms with Gasteiger partial charge in [0.25, 0.3) is 0 Å². The van der Waals surface area contributed by atoms with E-state index >= 15 is 0 Å². The molecule has 28 heavy (non-hydrogen) atoms. The molecular formula is C21H16N4OS2. The van der Waals surface area contributed by atoms with Crippen LogP contribution in [0.15, 0.2) is 90.0 Å². The zero-order chi connectivity index (χ0) is 19.2. The lowest BCUT2D eigenvalue weighted by molar-refractivity contribution is -0.115. The second-order valence-corrected chi connectivity index (χ2v) is 7.99. The number of thioether (sulfide) groups is 1. The fourth-order valence-corrected chi connectivity index (χ4v) is 4.34. The van der Waals surface area contributed by atoms with Gasteiger partial charge in [-0.15, -0.1) is 22.0 Å². The summed E-state index contributed by atoms with van der Waals surface area (Å²) in [6, 6.07) is 25.2. The van der Waals surface area contributed by atoms with Gasteiger partial charge in [-0.05, 0) is 29.8 Å². The van der Waals surface area contributed by atoms with Gasteiger partial charge in [0, 0.05) is 11.1 Å². The highest BCUT2D eigenvalue weighted by atomic mass is 32.2. The number of carbonyl (C=O) groups excluding carboxylic acids is 1. The van der Waals surface area contributed by atoms with Gasteiger partial charge in [-0.1, -0.05) is 65.9 Å². The van der Waals surface area contributed by atoms with E-state index in [0.717, 1.165) is 16.2 Å². The fraction of sp³-hybridized carbons (Fsp3) is 0.0476. The molecule has 2 aromatic carbocycles. The van der Waals surface area contributed by atoms with E-state index in [-0.39, 0.29) is 5.91 Å². The molecule has 1 amide bonds. The van der Waals surface area contributed by atoms with E-state index in [1.165, 1.54) is 23.1 Å². The first-order valence-electron chi connectivity index (χ1n) is 8.62. The van der Waals surface area contributed by atoms with Crippen LogP contribution in [0.3, 0.4) is 0 Å². The molecule has 138 valence electrons. The van der Waals surface area contributed by atoms with Crippen molar-refractivity contribution in [3.05, 3.63) is 90.6 Å². The number of hydrogen-bond acceptors (Lipinski definition) is 6. The second kappa shape index (κ2) is 8.77. The van der Waals surface area contributed by atoms with E-state index in [4.69, 9.17) is 0 Å². The summed E-state index contributed by atoms with van der Waals surface area (Å²) in [6.07, 6.45) is 1.71. The van der Waals surface area contributed by atoms with Gasteiger partial charge in [0.1, 0.15) is 10.9 Å². The van der Waals surface area contributed by atoms with Gasteiger partial charge in [0.05, 0.1) is 0 Å². The van der Waals surface area contributed by atoms with Crippen molar-refractivity contribution in [2.75, 3.05) is 5.32 Å². The molecule has 0 aliphatic heterocycles. The number of carbonyl (C=O) groups is 1. The Morgan fingerprint density at radius 3 is 2.32 bits per heavy atom. The molecule has 2 aromatic heterocycles. The standard InChI is InChI=1S/C21H16N4OS2/c26-19(23-21-25-24-20(28-21)17-13-7-8-14-22-17)18(15-9-3-1-4-10-15)27-16-11-5-2-6-12-16/h1-14,18H,(H,23,25,26). The van der Waals surface area contributed by atoms with Crippen molar-refractivity contribution in [1.29, 1.82) is 0 Å². The van der Waals surface area contributed by atoms with Gasteiger partial charge < -0.3 is 0 Å².